The fourth-order valence-electron chi connectivity index (χ4n) is 1.71. The summed E-state index contributed by atoms with van der Waals surface area (Å²) in [5.74, 6) is -2.49. The van der Waals surface area contributed by atoms with Gasteiger partial charge in [0.25, 0.3) is 0 Å². The number of β-amino-alcohol motifs (C(OH)–C–C–N with tert-alkyl or cyclic N) is 1. The summed E-state index contributed by atoms with van der Waals surface area (Å²) in [5.41, 5.74) is 5.57. The molecule has 4 nitrogen and oxygen atoms in total. The largest absolute Gasteiger partial charge is 0.397 e. The Hall–Kier alpha value is -1.69. The second kappa shape index (κ2) is 3.71. The number of hydrogen-bond donors (Lipinski definition) is 2. The van der Waals surface area contributed by atoms with Crippen LogP contribution in [0.15, 0.2) is 12.1 Å². The average molecular weight is 228 g/mol. The molecule has 1 saturated heterocycles. The summed E-state index contributed by atoms with van der Waals surface area (Å²) in [6.07, 6.45) is -0.821. The molecule has 0 radical (unpaired) electrons. The summed E-state index contributed by atoms with van der Waals surface area (Å²) in [7, 11) is 0. The van der Waals surface area contributed by atoms with E-state index < -0.39 is 17.7 Å². The van der Waals surface area contributed by atoms with Crippen LogP contribution >= 0.6 is 0 Å². The third-order valence-corrected chi connectivity index (χ3v) is 2.47. The Morgan fingerprint density at radius 2 is 2.00 bits per heavy atom. The molecule has 3 N–H and O–H groups in total. The van der Waals surface area contributed by atoms with Crippen molar-refractivity contribution in [1.82, 2.24) is 0 Å². The van der Waals surface area contributed by atoms with Gasteiger partial charge in [-0.1, -0.05) is 0 Å². The number of aliphatic hydroxyl groups is 1. The Morgan fingerprint density at radius 3 is 2.56 bits per heavy atom. The van der Waals surface area contributed by atoms with Crippen molar-refractivity contribution in [3.8, 4) is 0 Å². The third kappa shape index (κ3) is 1.71. The van der Waals surface area contributed by atoms with Crippen LogP contribution in [0.2, 0.25) is 0 Å². The zero-order valence-corrected chi connectivity index (χ0v) is 8.28. The lowest BCUT2D eigenvalue weighted by molar-refractivity contribution is -0.117. The molecule has 1 heterocycles. The van der Waals surface area contributed by atoms with Gasteiger partial charge in [0.15, 0.2) is 11.6 Å². The maximum Gasteiger partial charge on any atom is 0.229 e. The van der Waals surface area contributed by atoms with Crippen molar-refractivity contribution in [3.63, 3.8) is 0 Å². The van der Waals surface area contributed by atoms with Crippen molar-refractivity contribution < 1.29 is 18.7 Å². The van der Waals surface area contributed by atoms with Crippen LogP contribution in [0.5, 0.6) is 0 Å². The van der Waals surface area contributed by atoms with E-state index in [-0.39, 0.29) is 30.2 Å². The number of nitrogens with two attached hydrogens (primary N) is 1. The zero-order chi connectivity index (χ0) is 11.9. The second-order valence-electron chi connectivity index (χ2n) is 3.69. The highest BCUT2D eigenvalue weighted by atomic mass is 19.2. The minimum atomic E-state index is -1.07. The molecular formula is C10H10F2N2O2. The lowest BCUT2D eigenvalue weighted by Crippen LogP contribution is -2.26. The van der Waals surface area contributed by atoms with Gasteiger partial charge in [-0.3, -0.25) is 4.79 Å². The Morgan fingerprint density at radius 1 is 1.38 bits per heavy atom. The molecule has 1 fully saturated rings. The topological polar surface area (TPSA) is 66.6 Å². The molecule has 0 spiro atoms. The van der Waals surface area contributed by atoms with Gasteiger partial charge in [-0.25, -0.2) is 8.78 Å². The van der Waals surface area contributed by atoms with Crippen LogP contribution in [-0.4, -0.2) is 23.7 Å². The van der Waals surface area contributed by atoms with Gasteiger partial charge in [0.2, 0.25) is 5.91 Å². The van der Waals surface area contributed by atoms with E-state index in [2.05, 4.69) is 0 Å². The first-order valence-electron chi connectivity index (χ1n) is 4.72. The molecule has 0 aliphatic carbocycles. The van der Waals surface area contributed by atoms with Crippen LogP contribution in [0.1, 0.15) is 6.42 Å². The lowest BCUT2D eigenvalue weighted by atomic mass is 10.2. The van der Waals surface area contributed by atoms with Gasteiger partial charge in [0.05, 0.1) is 30.4 Å². The van der Waals surface area contributed by atoms with Crippen LogP contribution in [0.25, 0.3) is 0 Å². The molecule has 0 aromatic heterocycles. The number of rotatable bonds is 1. The highest BCUT2D eigenvalue weighted by Crippen LogP contribution is 2.29. The molecule has 6 heteroatoms. The van der Waals surface area contributed by atoms with Gasteiger partial charge < -0.3 is 15.7 Å². The van der Waals surface area contributed by atoms with E-state index in [0.29, 0.717) is 0 Å². The summed E-state index contributed by atoms with van der Waals surface area (Å²) in [6, 6.07) is 1.68. The molecule has 1 unspecified atom stereocenters. The Kier molecular flexibility index (Phi) is 2.51. The number of carbonyl (C=O) groups excluding carboxylic acids is 1. The van der Waals surface area contributed by atoms with Gasteiger partial charge in [0.1, 0.15) is 0 Å². The smallest absolute Gasteiger partial charge is 0.229 e. The second-order valence-corrected chi connectivity index (χ2v) is 3.69. The quantitative estimate of drug-likeness (QED) is 0.693. The van der Waals surface area contributed by atoms with Crippen molar-refractivity contribution in [2.75, 3.05) is 17.2 Å². The molecule has 0 saturated carbocycles. The molecule has 16 heavy (non-hydrogen) atoms. The zero-order valence-electron chi connectivity index (χ0n) is 8.28. The fourth-order valence-corrected chi connectivity index (χ4v) is 1.71. The van der Waals surface area contributed by atoms with Gasteiger partial charge >= 0.3 is 0 Å². The molecular weight excluding hydrogens is 218 g/mol. The standard InChI is InChI=1S/C10H10F2N2O2/c11-6-2-8(13)9(3-7(6)12)14-4-5(15)1-10(14)16/h2-3,5,15H,1,4,13H2. The first kappa shape index (κ1) is 10.8. The molecule has 1 atom stereocenters. The Labute approximate surface area is 90.3 Å². The summed E-state index contributed by atoms with van der Waals surface area (Å²) in [6.45, 7) is 0.0497. The SMILES string of the molecule is Nc1cc(F)c(F)cc1N1CC(O)CC1=O. The molecule has 2 rings (SSSR count). The minimum Gasteiger partial charge on any atom is -0.397 e. The van der Waals surface area contributed by atoms with Crippen LogP contribution in [0, 0.1) is 11.6 Å². The predicted molar refractivity (Wildman–Crippen MR) is 53.7 cm³/mol. The first-order chi connectivity index (χ1) is 7.49. The highest BCUT2D eigenvalue weighted by Gasteiger charge is 2.30. The van der Waals surface area contributed by atoms with Gasteiger partial charge in [-0.05, 0) is 0 Å². The Bertz CT molecular complexity index is 451. The molecule has 86 valence electrons. The van der Waals surface area contributed by atoms with Crippen molar-refractivity contribution in [1.29, 1.82) is 0 Å². The maximum absolute atomic E-state index is 13.0. The molecule has 0 bridgehead atoms. The normalized spacial score (nSPS) is 20.6. The van der Waals surface area contributed by atoms with E-state index >= 15 is 0 Å². The number of benzene rings is 1. The summed E-state index contributed by atoms with van der Waals surface area (Å²) < 4.78 is 25.8. The number of anilines is 2. The lowest BCUT2D eigenvalue weighted by Gasteiger charge is -2.18. The number of aliphatic hydroxyl groups excluding tert-OH is 1. The van der Waals surface area contributed by atoms with E-state index in [4.69, 9.17) is 5.73 Å². The number of hydrogen-bond acceptors (Lipinski definition) is 3. The van der Waals surface area contributed by atoms with Crippen LogP contribution in [-0.2, 0) is 4.79 Å². The monoisotopic (exact) mass is 228 g/mol. The minimum absolute atomic E-state index is 0.0265. The number of nitrogens with zero attached hydrogens (tertiary/aromatic N) is 1. The van der Waals surface area contributed by atoms with E-state index in [1.165, 1.54) is 0 Å². The van der Waals surface area contributed by atoms with E-state index in [9.17, 15) is 18.7 Å². The summed E-state index contributed by atoms with van der Waals surface area (Å²) in [5, 5.41) is 9.27. The highest BCUT2D eigenvalue weighted by molar-refractivity contribution is 5.98. The molecule has 1 aromatic carbocycles. The number of amides is 1. The maximum atomic E-state index is 13.0. The van der Waals surface area contributed by atoms with Crippen molar-refractivity contribution >= 4 is 17.3 Å². The summed E-state index contributed by atoms with van der Waals surface area (Å²) in [4.78, 5) is 12.6. The fraction of sp³-hybridized carbons (Fsp3) is 0.300. The third-order valence-electron chi connectivity index (χ3n) is 2.47. The van der Waals surface area contributed by atoms with Crippen LogP contribution < -0.4 is 10.6 Å². The number of halogens is 2. The van der Waals surface area contributed by atoms with Crippen molar-refractivity contribution in [2.45, 2.75) is 12.5 Å². The molecule has 1 aromatic rings. The average Bonchev–Trinajstić information content (AvgIpc) is 2.51. The van der Waals surface area contributed by atoms with E-state index in [1.807, 2.05) is 0 Å². The first-order valence-corrected chi connectivity index (χ1v) is 4.72. The Balaban J connectivity index is 2.41. The van der Waals surface area contributed by atoms with Crippen LogP contribution in [0.3, 0.4) is 0 Å². The van der Waals surface area contributed by atoms with Crippen molar-refractivity contribution in [2.24, 2.45) is 0 Å². The predicted octanol–water partition coefficient (Wildman–Crippen LogP) is 0.645. The van der Waals surface area contributed by atoms with E-state index in [1.54, 1.807) is 0 Å². The van der Waals surface area contributed by atoms with E-state index in [0.717, 1.165) is 17.0 Å². The molecule has 1 amide bonds. The van der Waals surface area contributed by atoms with Crippen LogP contribution in [0.4, 0.5) is 20.2 Å². The number of carbonyl (C=O) groups is 1. The molecule has 1 aliphatic heterocycles. The molecule has 1 aliphatic rings. The van der Waals surface area contributed by atoms with Crippen molar-refractivity contribution in [3.05, 3.63) is 23.8 Å². The van der Waals surface area contributed by atoms with Gasteiger partial charge in [-0.15, -0.1) is 0 Å². The number of nitrogen functional groups attached to an aromatic ring is 1. The van der Waals surface area contributed by atoms with Gasteiger partial charge in [0, 0.05) is 12.1 Å². The van der Waals surface area contributed by atoms with Gasteiger partial charge in [-0.2, -0.15) is 0 Å². The summed E-state index contributed by atoms with van der Waals surface area (Å²) >= 11 is 0.